The van der Waals surface area contributed by atoms with Gasteiger partial charge >= 0.3 is 12.1 Å². The molecule has 1 atom stereocenters. The lowest BCUT2D eigenvalue weighted by atomic mass is 9.95. The molecule has 2 heterocycles. The van der Waals surface area contributed by atoms with Crippen LogP contribution in [0.3, 0.4) is 0 Å². The van der Waals surface area contributed by atoms with Crippen LogP contribution in [0.4, 0.5) is 13.2 Å². The third-order valence-corrected chi connectivity index (χ3v) is 7.98. The molecule has 0 fully saturated rings. The summed E-state index contributed by atoms with van der Waals surface area (Å²) in [7, 11) is 1.45. The molecule has 0 radical (unpaired) electrons. The van der Waals surface area contributed by atoms with Crippen LogP contribution in [0, 0.1) is 11.3 Å². The van der Waals surface area contributed by atoms with Crippen molar-refractivity contribution in [1.82, 2.24) is 4.57 Å². The number of methoxy groups -OCH3 is 1. The second-order valence-electron chi connectivity index (χ2n) is 9.62. The summed E-state index contributed by atoms with van der Waals surface area (Å²) in [6, 6.07) is 18.2. The predicted octanol–water partition coefficient (Wildman–Crippen LogP) is 5.45. The fourth-order valence-electron chi connectivity index (χ4n) is 4.68. The minimum atomic E-state index is -5.01. The van der Waals surface area contributed by atoms with Gasteiger partial charge in [0.25, 0.3) is 5.56 Å². The average Bonchev–Trinajstić information content (AvgIpc) is 3.34. The number of carbonyl (C=O) groups excluding carboxylic acids is 1. The monoisotopic (exact) mass is 653 g/mol. The summed E-state index contributed by atoms with van der Waals surface area (Å²) >= 11 is 6.78. The highest BCUT2D eigenvalue weighted by molar-refractivity contribution is 7.07. The van der Waals surface area contributed by atoms with Crippen molar-refractivity contribution >= 4 is 35.0 Å². The minimum absolute atomic E-state index is 0.0765. The fraction of sp³-hybridized carbons (Fsp3) is 0.188. The van der Waals surface area contributed by atoms with E-state index in [-0.39, 0.29) is 28.1 Å². The SMILES string of the molecule is CCOC(=O)C1=C(C(F)(F)F)N=c2s/c(=C\c3ccc(OCc4ccc(C#N)cc4)c(OC)c3)c(=O)n2[C@H]1c1ccc(Cl)cc1. The Kier molecular flexibility index (Phi) is 9.13. The van der Waals surface area contributed by atoms with Crippen LogP contribution in [0.2, 0.25) is 5.02 Å². The van der Waals surface area contributed by atoms with E-state index >= 15 is 0 Å². The van der Waals surface area contributed by atoms with E-state index in [2.05, 4.69) is 11.1 Å². The molecule has 0 saturated heterocycles. The van der Waals surface area contributed by atoms with Gasteiger partial charge in [-0.1, -0.05) is 53.3 Å². The Morgan fingerprint density at radius 3 is 2.44 bits per heavy atom. The summed E-state index contributed by atoms with van der Waals surface area (Å²) in [5.74, 6) is -0.464. The topological polar surface area (TPSA) is 103 Å². The van der Waals surface area contributed by atoms with Crippen LogP contribution in [0.25, 0.3) is 6.08 Å². The number of nitriles is 1. The van der Waals surface area contributed by atoms with Gasteiger partial charge in [0.05, 0.1) is 41.5 Å². The molecular weight excluding hydrogens is 631 g/mol. The summed E-state index contributed by atoms with van der Waals surface area (Å²) < 4.78 is 60.4. The number of fused-ring (bicyclic) bond motifs is 1. The number of ether oxygens (including phenoxy) is 3. The van der Waals surface area contributed by atoms with Crippen molar-refractivity contribution in [3.05, 3.63) is 125 Å². The first kappa shape index (κ1) is 31.6. The third kappa shape index (κ3) is 6.64. The van der Waals surface area contributed by atoms with E-state index in [1.807, 2.05) is 0 Å². The number of carbonyl (C=O) groups is 1. The smallest absolute Gasteiger partial charge is 0.434 e. The standard InChI is InChI=1S/C32H23ClF3N3O5S/c1-3-43-30(41)26-27(21-9-11-22(33)12-10-21)39-29(40)25(45-31(39)38-28(26)32(34,35)36)15-20-8-13-23(24(14-20)42-2)44-17-19-6-4-18(16-37)5-7-19/h4-15,27H,3,17H2,1-2H3/b25-15-/t27-/m0/s1. The average molecular weight is 654 g/mol. The van der Waals surface area contributed by atoms with Gasteiger partial charge < -0.3 is 14.2 Å². The van der Waals surface area contributed by atoms with E-state index in [9.17, 15) is 22.8 Å². The first-order valence-corrected chi connectivity index (χ1v) is 14.6. The van der Waals surface area contributed by atoms with Crippen molar-refractivity contribution in [3.63, 3.8) is 0 Å². The molecule has 8 nitrogen and oxygen atoms in total. The first-order valence-electron chi connectivity index (χ1n) is 13.4. The summed E-state index contributed by atoms with van der Waals surface area (Å²) in [6.07, 6.45) is -3.51. The fourth-order valence-corrected chi connectivity index (χ4v) is 5.81. The molecule has 0 bridgehead atoms. The van der Waals surface area contributed by atoms with Gasteiger partial charge in [-0.15, -0.1) is 0 Å². The lowest BCUT2D eigenvalue weighted by Crippen LogP contribution is -2.41. The normalized spacial score (nSPS) is 14.8. The number of hydrogen-bond donors (Lipinski definition) is 0. The number of benzene rings is 3. The highest BCUT2D eigenvalue weighted by Gasteiger charge is 2.45. The molecule has 0 amide bonds. The van der Waals surface area contributed by atoms with Gasteiger partial charge in [0, 0.05) is 5.02 Å². The zero-order valence-corrected chi connectivity index (χ0v) is 25.3. The van der Waals surface area contributed by atoms with E-state index in [1.165, 1.54) is 44.4 Å². The Morgan fingerprint density at radius 1 is 1.11 bits per heavy atom. The second kappa shape index (κ2) is 13.0. The molecule has 0 N–H and O–H groups in total. The molecule has 3 aromatic carbocycles. The summed E-state index contributed by atoms with van der Waals surface area (Å²) in [4.78, 5) is 30.3. The van der Waals surface area contributed by atoms with Crippen LogP contribution < -0.4 is 24.4 Å². The van der Waals surface area contributed by atoms with Crippen molar-refractivity contribution in [2.45, 2.75) is 25.7 Å². The lowest BCUT2D eigenvalue weighted by molar-refractivity contribution is -0.140. The van der Waals surface area contributed by atoms with E-state index in [0.29, 0.717) is 27.6 Å². The van der Waals surface area contributed by atoms with Crippen molar-refractivity contribution in [1.29, 1.82) is 5.26 Å². The zero-order chi connectivity index (χ0) is 32.3. The van der Waals surface area contributed by atoms with E-state index in [0.717, 1.165) is 21.5 Å². The molecule has 45 heavy (non-hydrogen) atoms. The van der Waals surface area contributed by atoms with Gasteiger partial charge in [0.15, 0.2) is 22.0 Å². The number of hydrogen-bond acceptors (Lipinski definition) is 8. The van der Waals surface area contributed by atoms with E-state index in [4.69, 9.17) is 31.1 Å². The van der Waals surface area contributed by atoms with Crippen LogP contribution in [0.5, 0.6) is 11.5 Å². The largest absolute Gasteiger partial charge is 0.493 e. The number of allylic oxidation sites excluding steroid dienone is 1. The highest BCUT2D eigenvalue weighted by atomic mass is 35.5. The maximum absolute atomic E-state index is 14.3. The molecular formula is C32H23ClF3N3O5S. The number of thiazole rings is 1. The molecule has 4 aromatic rings. The summed E-state index contributed by atoms with van der Waals surface area (Å²) in [6.45, 7) is 1.49. The Labute approximate surface area is 263 Å². The Bertz CT molecular complexity index is 2010. The molecule has 0 saturated carbocycles. The molecule has 0 spiro atoms. The van der Waals surface area contributed by atoms with Crippen LogP contribution in [-0.4, -0.2) is 30.4 Å². The zero-order valence-electron chi connectivity index (χ0n) is 23.7. The molecule has 1 aliphatic rings. The van der Waals surface area contributed by atoms with Crippen molar-refractivity contribution in [2.24, 2.45) is 4.99 Å². The minimum Gasteiger partial charge on any atom is -0.493 e. The van der Waals surface area contributed by atoms with Crippen molar-refractivity contribution in [2.75, 3.05) is 13.7 Å². The number of nitrogens with zero attached hydrogens (tertiary/aromatic N) is 3. The Morgan fingerprint density at radius 2 is 1.82 bits per heavy atom. The highest BCUT2D eigenvalue weighted by Crippen LogP contribution is 2.38. The first-order chi connectivity index (χ1) is 21.5. The Hall–Kier alpha value is -4.86. The van der Waals surface area contributed by atoms with E-state index < -0.39 is 35.0 Å². The van der Waals surface area contributed by atoms with E-state index in [1.54, 1.807) is 42.5 Å². The lowest BCUT2D eigenvalue weighted by Gasteiger charge is -2.26. The number of esters is 1. The van der Waals surface area contributed by atoms with Gasteiger partial charge in [-0.2, -0.15) is 18.4 Å². The van der Waals surface area contributed by atoms with Crippen LogP contribution in [0.15, 0.2) is 87.8 Å². The maximum Gasteiger partial charge on any atom is 0.434 e. The summed E-state index contributed by atoms with van der Waals surface area (Å²) in [5.41, 5.74) is -0.796. The van der Waals surface area contributed by atoms with Crippen LogP contribution >= 0.6 is 22.9 Å². The predicted molar refractivity (Wildman–Crippen MR) is 161 cm³/mol. The second-order valence-corrected chi connectivity index (χ2v) is 11.1. The quantitative estimate of drug-likeness (QED) is 0.234. The molecule has 230 valence electrons. The molecule has 0 unspecified atom stereocenters. The number of alkyl halides is 3. The van der Waals surface area contributed by atoms with Gasteiger partial charge in [-0.25, -0.2) is 9.79 Å². The molecule has 1 aromatic heterocycles. The summed E-state index contributed by atoms with van der Waals surface area (Å²) in [5, 5.41) is 9.30. The van der Waals surface area contributed by atoms with Gasteiger partial charge in [0.2, 0.25) is 0 Å². The van der Waals surface area contributed by atoms with Crippen molar-refractivity contribution < 1.29 is 32.2 Å². The number of aromatic nitrogens is 1. The van der Waals surface area contributed by atoms with Gasteiger partial charge in [-0.05, 0) is 66.1 Å². The Balaban J connectivity index is 1.58. The van der Waals surface area contributed by atoms with Gasteiger partial charge in [-0.3, -0.25) is 9.36 Å². The maximum atomic E-state index is 14.3. The third-order valence-electron chi connectivity index (χ3n) is 6.74. The van der Waals surface area contributed by atoms with Crippen LogP contribution in [0.1, 0.15) is 35.2 Å². The van der Waals surface area contributed by atoms with Crippen LogP contribution in [-0.2, 0) is 16.1 Å². The molecule has 0 aliphatic carbocycles. The molecule has 13 heteroatoms. The number of rotatable bonds is 8. The number of halogens is 4. The van der Waals surface area contributed by atoms with Gasteiger partial charge in [0.1, 0.15) is 6.61 Å². The van der Waals surface area contributed by atoms with Crippen molar-refractivity contribution in [3.8, 4) is 17.6 Å². The molecule has 5 rings (SSSR count). The molecule has 1 aliphatic heterocycles.